The smallest absolute Gasteiger partial charge is 0.356 e. The molecule has 8 nitrogen and oxygen atoms in total. The summed E-state index contributed by atoms with van der Waals surface area (Å²) in [6.45, 7) is 0. The van der Waals surface area contributed by atoms with Crippen molar-refractivity contribution < 1.29 is 38.8 Å². The Hall–Kier alpha value is -0.950. The average molecular weight is 256 g/mol. The number of carbonyl (C=O) groups is 2. The Morgan fingerprint density at radius 3 is 2.31 bits per heavy atom. The quantitative estimate of drug-likeness (QED) is 0.321. The molecular formula is C7H13O8P. The second-order valence-corrected chi connectivity index (χ2v) is 4.82. The van der Waals surface area contributed by atoms with Gasteiger partial charge in [-0.2, -0.15) is 0 Å². The molecule has 3 N–H and O–H groups in total. The van der Waals surface area contributed by atoms with E-state index >= 15 is 0 Å². The van der Waals surface area contributed by atoms with Gasteiger partial charge in [-0.25, -0.2) is 4.89 Å². The summed E-state index contributed by atoms with van der Waals surface area (Å²) in [4.78, 5) is 34.0. The summed E-state index contributed by atoms with van der Waals surface area (Å²) in [6, 6.07) is 0. The monoisotopic (exact) mass is 256 g/mol. The first-order chi connectivity index (χ1) is 7.28. The van der Waals surface area contributed by atoms with Gasteiger partial charge in [-0.3, -0.25) is 14.2 Å². The molecule has 0 rings (SSSR count). The first-order valence-corrected chi connectivity index (χ1v) is 6.03. The zero-order valence-corrected chi connectivity index (χ0v) is 9.42. The Bertz CT molecular complexity index is 301. The Balaban J connectivity index is 4.39. The fourth-order valence-electron chi connectivity index (χ4n) is 1.02. The van der Waals surface area contributed by atoms with Crippen LogP contribution in [0, 0.1) is 5.92 Å². The summed E-state index contributed by atoms with van der Waals surface area (Å²) < 4.78 is 15.2. The lowest BCUT2D eigenvalue weighted by atomic mass is 10.1. The fourth-order valence-corrected chi connectivity index (χ4v) is 2.21. The summed E-state index contributed by atoms with van der Waals surface area (Å²) in [5.41, 5.74) is 0. The first kappa shape index (κ1) is 15.0. The number of aliphatic carboxylic acids is 2. The van der Waals surface area contributed by atoms with Gasteiger partial charge in [0.1, 0.15) is 0 Å². The largest absolute Gasteiger partial charge is 0.481 e. The molecular weight excluding hydrogens is 243 g/mol. The minimum Gasteiger partial charge on any atom is -0.481 e. The van der Waals surface area contributed by atoms with Crippen molar-refractivity contribution in [1.29, 1.82) is 0 Å². The lowest BCUT2D eigenvalue weighted by Crippen LogP contribution is -2.20. The molecule has 0 fully saturated rings. The van der Waals surface area contributed by atoms with Gasteiger partial charge in [0, 0.05) is 6.42 Å². The standard InChI is InChI=1S/C7H13O8P/c1-14-15-16(12,13)4-5(7(10)11)2-3-6(8)9/h5H,2-4H2,1H3,(H,8,9)(H,10,11)(H,12,13). The third-order valence-corrected chi connectivity index (χ3v) is 2.98. The average Bonchev–Trinajstić information content (AvgIpc) is 2.11. The highest BCUT2D eigenvalue weighted by molar-refractivity contribution is 7.52. The molecule has 2 atom stereocenters. The van der Waals surface area contributed by atoms with Crippen LogP contribution in [0.4, 0.5) is 0 Å². The molecule has 94 valence electrons. The summed E-state index contributed by atoms with van der Waals surface area (Å²) in [5, 5.41) is 17.1. The molecule has 0 saturated carbocycles. The van der Waals surface area contributed by atoms with Gasteiger partial charge in [0.05, 0.1) is 19.2 Å². The predicted molar refractivity (Wildman–Crippen MR) is 50.8 cm³/mol. The summed E-state index contributed by atoms with van der Waals surface area (Å²) in [6.07, 6.45) is -1.34. The number of hydrogen-bond acceptors (Lipinski definition) is 5. The maximum atomic E-state index is 11.2. The molecule has 0 aliphatic heterocycles. The molecule has 0 radical (unpaired) electrons. The van der Waals surface area contributed by atoms with Crippen molar-refractivity contribution >= 4 is 19.5 Å². The van der Waals surface area contributed by atoms with Gasteiger partial charge >= 0.3 is 19.5 Å². The lowest BCUT2D eigenvalue weighted by molar-refractivity contribution is -0.185. The van der Waals surface area contributed by atoms with Gasteiger partial charge in [0.2, 0.25) is 0 Å². The highest BCUT2D eigenvalue weighted by Gasteiger charge is 2.31. The third-order valence-electron chi connectivity index (χ3n) is 1.70. The number of hydrogen-bond donors (Lipinski definition) is 3. The van der Waals surface area contributed by atoms with E-state index < -0.39 is 38.0 Å². The van der Waals surface area contributed by atoms with Crippen molar-refractivity contribution in [3.63, 3.8) is 0 Å². The van der Waals surface area contributed by atoms with Gasteiger partial charge in [0.15, 0.2) is 0 Å². The van der Waals surface area contributed by atoms with Crippen LogP contribution in [0.3, 0.4) is 0 Å². The lowest BCUT2D eigenvalue weighted by Gasteiger charge is -2.14. The van der Waals surface area contributed by atoms with Crippen LogP contribution >= 0.6 is 7.60 Å². The van der Waals surface area contributed by atoms with Crippen LogP contribution in [0.2, 0.25) is 0 Å². The zero-order valence-electron chi connectivity index (χ0n) is 8.53. The van der Waals surface area contributed by atoms with Crippen molar-refractivity contribution in [2.45, 2.75) is 12.8 Å². The molecule has 9 heteroatoms. The van der Waals surface area contributed by atoms with Crippen LogP contribution in [0.5, 0.6) is 0 Å². The van der Waals surface area contributed by atoms with Gasteiger partial charge in [0.25, 0.3) is 0 Å². The van der Waals surface area contributed by atoms with Gasteiger partial charge < -0.3 is 15.1 Å². The normalized spacial score (nSPS) is 16.4. The van der Waals surface area contributed by atoms with E-state index in [4.69, 9.17) is 15.1 Å². The van der Waals surface area contributed by atoms with E-state index in [-0.39, 0.29) is 6.42 Å². The van der Waals surface area contributed by atoms with Gasteiger partial charge in [-0.1, -0.05) is 0 Å². The zero-order chi connectivity index (χ0) is 12.8. The summed E-state index contributed by atoms with van der Waals surface area (Å²) in [5.74, 6) is -3.79. The van der Waals surface area contributed by atoms with Crippen LogP contribution in [0.1, 0.15) is 12.8 Å². The van der Waals surface area contributed by atoms with Crippen molar-refractivity contribution in [1.82, 2.24) is 0 Å². The first-order valence-electron chi connectivity index (χ1n) is 4.27. The molecule has 0 aliphatic rings. The molecule has 0 amide bonds. The van der Waals surface area contributed by atoms with E-state index in [1.165, 1.54) is 0 Å². The van der Waals surface area contributed by atoms with Crippen LogP contribution < -0.4 is 0 Å². The van der Waals surface area contributed by atoms with Crippen LogP contribution in [0.25, 0.3) is 0 Å². The van der Waals surface area contributed by atoms with E-state index in [2.05, 4.69) is 9.56 Å². The van der Waals surface area contributed by atoms with Crippen molar-refractivity contribution in [3.8, 4) is 0 Å². The molecule has 0 heterocycles. The van der Waals surface area contributed by atoms with E-state index in [9.17, 15) is 14.2 Å². The fraction of sp³-hybridized carbons (Fsp3) is 0.714. The van der Waals surface area contributed by atoms with Crippen molar-refractivity contribution in [2.75, 3.05) is 13.3 Å². The molecule has 0 aromatic carbocycles. The van der Waals surface area contributed by atoms with E-state index in [0.717, 1.165) is 7.11 Å². The molecule has 0 aliphatic carbocycles. The van der Waals surface area contributed by atoms with E-state index in [1.807, 2.05) is 0 Å². The summed E-state index contributed by atoms with van der Waals surface area (Å²) >= 11 is 0. The summed E-state index contributed by atoms with van der Waals surface area (Å²) in [7, 11) is -3.15. The highest BCUT2D eigenvalue weighted by Crippen LogP contribution is 2.44. The topological polar surface area (TPSA) is 130 Å². The number of carboxylic acid groups (broad SMARTS) is 2. The van der Waals surface area contributed by atoms with Gasteiger partial charge in [-0.15, -0.1) is 4.67 Å². The Labute approximate surface area is 91.3 Å². The van der Waals surface area contributed by atoms with Crippen LogP contribution in [-0.4, -0.2) is 40.3 Å². The van der Waals surface area contributed by atoms with Crippen molar-refractivity contribution in [2.24, 2.45) is 5.92 Å². The molecule has 0 saturated heterocycles. The Morgan fingerprint density at radius 1 is 1.38 bits per heavy atom. The van der Waals surface area contributed by atoms with E-state index in [0.29, 0.717) is 0 Å². The van der Waals surface area contributed by atoms with Gasteiger partial charge in [-0.05, 0) is 6.42 Å². The minimum atomic E-state index is -4.16. The van der Waals surface area contributed by atoms with Crippen LogP contribution in [-0.2, 0) is 23.7 Å². The number of rotatable bonds is 8. The highest BCUT2D eigenvalue weighted by atomic mass is 31.2. The Morgan fingerprint density at radius 2 is 1.94 bits per heavy atom. The number of carboxylic acids is 2. The van der Waals surface area contributed by atoms with E-state index in [1.54, 1.807) is 0 Å². The maximum Gasteiger partial charge on any atom is 0.356 e. The molecule has 0 spiro atoms. The molecule has 2 unspecified atom stereocenters. The van der Waals surface area contributed by atoms with Crippen LogP contribution in [0.15, 0.2) is 0 Å². The minimum absolute atomic E-state index is 0.248. The Kier molecular flexibility index (Phi) is 6.20. The second-order valence-electron chi connectivity index (χ2n) is 3.03. The molecule has 0 aromatic heterocycles. The molecule has 16 heavy (non-hydrogen) atoms. The van der Waals surface area contributed by atoms with Crippen molar-refractivity contribution in [3.05, 3.63) is 0 Å². The maximum absolute atomic E-state index is 11.2. The molecule has 0 bridgehead atoms. The SMILES string of the molecule is COOP(=O)(O)CC(CCC(=O)O)C(=O)O. The molecule has 0 aromatic rings. The third kappa shape index (κ3) is 6.52. The second kappa shape index (κ2) is 6.59. The predicted octanol–water partition coefficient (Wildman–Crippen LogP) is 0.315.